The molecule has 1 aromatic heterocycles. The summed E-state index contributed by atoms with van der Waals surface area (Å²) in [7, 11) is 0. The summed E-state index contributed by atoms with van der Waals surface area (Å²) < 4.78 is 0. The van der Waals surface area contributed by atoms with Crippen molar-refractivity contribution in [1.29, 1.82) is 5.26 Å². The molecule has 0 fully saturated rings. The molecule has 0 atom stereocenters. The summed E-state index contributed by atoms with van der Waals surface area (Å²) in [6, 6.07) is 9.71. The van der Waals surface area contributed by atoms with Gasteiger partial charge in [-0.2, -0.15) is 5.26 Å². The molecule has 1 aromatic carbocycles. The van der Waals surface area contributed by atoms with E-state index >= 15 is 0 Å². The van der Waals surface area contributed by atoms with Crippen LogP contribution in [0.2, 0.25) is 0 Å². The number of nitrogens with one attached hydrogen (secondary N) is 1. The molecule has 1 N–H and O–H groups in total. The zero-order valence-electron chi connectivity index (χ0n) is 14.6. The lowest BCUT2D eigenvalue weighted by atomic mass is 9.87. The Morgan fingerprint density at radius 3 is 2.48 bits per heavy atom. The van der Waals surface area contributed by atoms with Crippen molar-refractivity contribution in [2.75, 3.05) is 5.32 Å². The lowest BCUT2D eigenvalue weighted by molar-refractivity contribution is -0.118. The van der Waals surface area contributed by atoms with Gasteiger partial charge in [0, 0.05) is 23.3 Å². The molecule has 4 nitrogen and oxygen atoms in total. The van der Waals surface area contributed by atoms with E-state index in [2.05, 4.69) is 32.2 Å². The van der Waals surface area contributed by atoms with Crippen LogP contribution in [0, 0.1) is 11.3 Å². The van der Waals surface area contributed by atoms with Gasteiger partial charge in [-0.05, 0) is 35.1 Å². The standard InChI is InChI=1S/C20H20N2O2S/c1-20(2,3)13-6-4-12(5-7-13)18(24)22-19-16(11-21)15-9-8-14(23)10-17(15)25-19/h4-7H,8-10H2,1-3H3,(H,22,24). The Labute approximate surface area is 151 Å². The number of amides is 1. The third-order valence-corrected chi connectivity index (χ3v) is 5.60. The SMILES string of the molecule is CC(C)(C)c1ccc(C(=O)Nc2sc3c(c2C#N)CCC(=O)C3)cc1. The van der Waals surface area contributed by atoms with Crippen LogP contribution in [0.3, 0.4) is 0 Å². The van der Waals surface area contributed by atoms with Crippen LogP contribution in [0.4, 0.5) is 5.00 Å². The van der Waals surface area contributed by atoms with Crippen molar-refractivity contribution in [2.45, 2.75) is 45.4 Å². The second-order valence-corrected chi connectivity index (χ2v) is 8.42. The van der Waals surface area contributed by atoms with Gasteiger partial charge in [-0.3, -0.25) is 9.59 Å². The van der Waals surface area contributed by atoms with Crippen LogP contribution in [0.1, 0.15) is 59.1 Å². The molecule has 2 aromatic rings. The number of hydrogen-bond acceptors (Lipinski definition) is 4. The van der Waals surface area contributed by atoms with Crippen LogP contribution in [0.5, 0.6) is 0 Å². The van der Waals surface area contributed by atoms with Gasteiger partial charge in [0.25, 0.3) is 5.91 Å². The number of fused-ring (bicyclic) bond motifs is 1. The van der Waals surface area contributed by atoms with E-state index in [1.165, 1.54) is 11.3 Å². The normalized spacial score (nSPS) is 13.9. The van der Waals surface area contributed by atoms with Gasteiger partial charge in [-0.1, -0.05) is 32.9 Å². The molecule has 0 bridgehead atoms. The van der Waals surface area contributed by atoms with Crippen molar-refractivity contribution in [3.8, 4) is 6.07 Å². The first-order valence-electron chi connectivity index (χ1n) is 8.28. The molecule has 0 spiro atoms. The number of carbonyl (C=O) groups is 2. The molecule has 1 aliphatic carbocycles. The first kappa shape index (κ1) is 17.4. The van der Waals surface area contributed by atoms with Gasteiger partial charge < -0.3 is 5.32 Å². The van der Waals surface area contributed by atoms with Gasteiger partial charge in [-0.25, -0.2) is 0 Å². The molecule has 0 unspecified atom stereocenters. The fraction of sp³-hybridized carbons (Fsp3) is 0.350. The molecular weight excluding hydrogens is 332 g/mol. The number of hydrogen-bond donors (Lipinski definition) is 1. The fourth-order valence-corrected chi connectivity index (χ4v) is 4.18. The number of carbonyl (C=O) groups excluding carboxylic acids is 2. The Bertz CT molecular complexity index is 880. The number of anilines is 1. The Hall–Kier alpha value is -2.45. The number of nitrogens with zero attached hydrogens (tertiary/aromatic N) is 1. The topological polar surface area (TPSA) is 70.0 Å². The molecular formula is C20H20N2O2S. The summed E-state index contributed by atoms with van der Waals surface area (Å²) in [6.07, 6.45) is 1.43. The number of nitriles is 1. The van der Waals surface area contributed by atoms with Crippen LogP contribution < -0.4 is 5.32 Å². The van der Waals surface area contributed by atoms with Crippen molar-refractivity contribution in [2.24, 2.45) is 0 Å². The maximum atomic E-state index is 12.5. The zero-order chi connectivity index (χ0) is 18.2. The minimum atomic E-state index is -0.234. The van der Waals surface area contributed by atoms with Crippen LogP contribution in [0.15, 0.2) is 24.3 Å². The molecule has 0 saturated carbocycles. The van der Waals surface area contributed by atoms with E-state index in [1.54, 1.807) is 12.1 Å². The molecule has 1 heterocycles. The summed E-state index contributed by atoms with van der Waals surface area (Å²) in [5.74, 6) is -0.0456. The third kappa shape index (κ3) is 3.49. The minimum absolute atomic E-state index is 0.0301. The summed E-state index contributed by atoms with van der Waals surface area (Å²) in [5.41, 5.74) is 3.17. The highest BCUT2D eigenvalue weighted by atomic mass is 32.1. The molecule has 1 aliphatic rings. The summed E-state index contributed by atoms with van der Waals surface area (Å²) in [4.78, 5) is 25.1. The molecule has 25 heavy (non-hydrogen) atoms. The van der Waals surface area contributed by atoms with Crippen molar-refractivity contribution in [1.82, 2.24) is 0 Å². The first-order valence-corrected chi connectivity index (χ1v) is 9.09. The summed E-state index contributed by atoms with van der Waals surface area (Å²) in [6.45, 7) is 6.37. The molecule has 0 saturated heterocycles. The highest BCUT2D eigenvalue weighted by Crippen LogP contribution is 2.37. The molecule has 0 radical (unpaired) electrons. The predicted octanol–water partition coefficient (Wildman–Crippen LogP) is 4.23. The van der Waals surface area contributed by atoms with Crippen LogP contribution in [-0.2, 0) is 23.1 Å². The number of thiophene rings is 1. The van der Waals surface area contributed by atoms with Gasteiger partial charge in [0.05, 0.1) is 5.56 Å². The number of benzene rings is 1. The Morgan fingerprint density at radius 1 is 1.20 bits per heavy atom. The fourth-order valence-electron chi connectivity index (χ4n) is 2.95. The minimum Gasteiger partial charge on any atom is -0.312 e. The zero-order valence-corrected chi connectivity index (χ0v) is 15.4. The van der Waals surface area contributed by atoms with Crippen LogP contribution in [0.25, 0.3) is 0 Å². The van der Waals surface area contributed by atoms with Crippen LogP contribution >= 0.6 is 11.3 Å². The average molecular weight is 352 g/mol. The largest absolute Gasteiger partial charge is 0.312 e. The maximum Gasteiger partial charge on any atom is 0.256 e. The van der Waals surface area contributed by atoms with E-state index in [9.17, 15) is 14.9 Å². The Balaban J connectivity index is 1.84. The number of rotatable bonds is 2. The van der Waals surface area contributed by atoms with Gasteiger partial charge in [0.2, 0.25) is 0 Å². The van der Waals surface area contributed by atoms with Gasteiger partial charge in [0.15, 0.2) is 0 Å². The van der Waals surface area contributed by atoms with E-state index in [0.717, 1.165) is 16.0 Å². The summed E-state index contributed by atoms with van der Waals surface area (Å²) in [5, 5.41) is 12.9. The lowest BCUT2D eigenvalue weighted by Gasteiger charge is -2.19. The predicted molar refractivity (Wildman–Crippen MR) is 99.2 cm³/mol. The molecule has 1 amide bonds. The van der Waals surface area contributed by atoms with Crippen molar-refractivity contribution in [3.05, 3.63) is 51.4 Å². The maximum absolute atomic E-state index is 12.5. The van der Waals surface area contributed by atoms with E-state index in [-0.39, 0.29) is 17.1 Å². The number of Topliss-reactive ketones (excluding diaryl/α,β-unsaturated/α-hetero) is 1. The van der Waals surface area contributed by atoms with Crippen molar-refractivity contribution >= 4 is 28.0 Å². The van der Waals surface area contributed by atoms with Gasteiger partial charge in [0.1, 0.15) is 16.9 Å². The smallest absolute Gasteiger partial charge is 0.256 e. The summed E-state index contributed by atoms with van der Waals surface area (Å²) >= 11 is 1.35. The Morgan fingerprint density at radius 2 is 1.88 bits per heavy atom. The number of ketones is 1. The van der Waals surface area contributed by atoms with Crippen LogP contribution in [-0.4, -0.2) is 11.7 Å². The van der Waals surface area contributed by atoms with E-state index in [1.807, 2.05) is 12.1 Å². The molecule has 128 valence electrons. The Kier molecular flexibility index (Phi) is 4.49. The van der Waals surface area contributed by atoms with E-state index in [0.29, 0.717) is 35.4 Å². The quantitative estimate of drug-likeness (QED) is 0.879. The van der Waals surface area contributed by atoms with E-state index in [4.69, 9.17) is 0 Å². The first-order chi connectivity index (χ1) is 11.8. The monoisotopic (exact) mass is 352 g/mol. The van der Waals surface area contributed by atoms with Gasteiger partial charge in [-0.15, -0.1) is 11.3 Å². The third-order valence-electron chi connectivity index (χ3n) is 4.45. The van der Waals surface area contributed by atoms with E-state index < -0.39 is 0 Å². The molecule has 3 rings (SSSR count). The lowest BCUT2D eigenvalue weighted by Crippen LogP contribution is -2.14. The second kappa shape index (κ2) is 6.45. The molecule has 0 aliphatic heterocycles. The van der Waals surface area contributed by atoms with Crippen molar-refractivity contribution < 1.29 is 9.59 Å². The average Bonchev–Trinajstić information content (AvgIpc) is 2.90. The second-order valence-electron chi connectivity index (χ2n) is 7.32. The highest BCUT2D eigenvalue weighted by molar-refractivity contribution is 7.16. The molecule has 5 heteroatoms. The van der Waals surface area contributed by atoms with Crippen molar-refractivity contribution in [3.63, 3.8) is 0 Å². The highest BCUT2D eigenvalue weighted by Gasteiger charge is 2.25. The van der Waals surface area contributed by atoms with Gasteiger partial charge >= 0.3 is 0 Å².